The third kappa shape index (κ3) is 33.5. The minimum atomic E-state index is -3.81. The first-order valence-corrected chi connectivity index (χ1v) is 48.4. The number of nitrogens with zero attached hydrogens (tertiary/aromatic N) is 25. The van der Waals surface area contributed by atoms with Crippen molar-refractivity contribution in [1.29, 1.82) is 5.26 Å². The van der Waals surface area contributed by atoms with Crippen LogP contribution in [0.2, 0.25) is 0 Å². The van der Waals surface area contributed by atoms with E-state index in [1.54, 1.807) is 141 Å². The minimum Gasteiger partial charge on any atom is -0.384 e. The molecular formula is C103H101Br4F2N27O5S. The van der Waals surface area contributed by atoms with Gasteiger partial charge in [0, 0.05) is 127 Å². The standard InChI is InChI=1S/C21H16FN5.C15H12FNO2S.C13H12N4.C10H7N3.C9H5N3O.C8H4BrN3.C8H10BrN3.C5H5BrN2.C5H13NO2.C4H9N.C3H6.C2H2BrN/c1-23-19-11-24-18-10-7-15(12-26(18)19)21-20(14-5-8-16(22)9-6-14)25-13-27(21)17-3-2-4-17;1-11-3-9-14(10-4-11)20(18,19)15(17-2)12-5-7-13(16)8-6-12;1-14-13-8-16-12-6-5-10(9-17(12)13)7-15-11-3-2-4-11;1-3-8-4-5-9-12-6-10(11-2)13(9)7-8;1-10-9-4-11-8-3-2-7(6-13)5-12(8)9;1-10-8-4-11-7-3-2-6(9)5-12(7)8;1-12(2)6-11-8-4-3-7(9)5-10-8;6-4-1-2-5(7)8-3-4;1-6(2)5(7-3)8-4;5-4-2-1-3-4;1-3-2;3-1-2-4/h5-13,17H,2-4H2;3-10,15H,1H3;5-9,11H,2-4H2;3-7H,1H2;2-6H;2-5H;3-6H,1-2H3;1-3H,(H2,7,8);5H,1-4H3;4H,1-3,5H2;3H,1H2,2H3;1H2. The molecule has 726 valence electrons. The number of allylic oxidation sites excluding steroid dienone is 1. The van der Waals surface area contributed by atoms with Gasteiger partial charge < -0.3 is 54.6 Å². The molecule has 4 N–H and O–H groups in total. The lowest BCUT2D eigenvalue weighted by atomic mass is 9.92. The Morgan fingerprint density at radius 1 is 0.556 bits per heavy atom. The number of alkyl halides is 1. The van der Waals surface area contributed by atoms with Crippen LogP contribution >= 0.6 is 63.7 Å². The zero-order valence-electron chi connectivity index (χ0n) is 78.8. The van der Waals surface area contributed by atoms with Gasteiger partial charge in [-0.25, -0.2) is 90.6 Å². The molecule has 16 aromatic rings. The summed E-state index contributed by atoms with van der Waals surface area (Å²) in [5.41, 5.74) is 21.9. The molecule has 0 aliphatic heterocycles. The molecule has 3 aromatic carbocycles. The van der Waals surface area contributed by atoms with Gasteiger partial charge in [0.1, 0.15) is 17.5 Å². The van der Waals surface area contributed by atoms with E-state index in [1.807, 2.05) is 162 Å². The lowest BCUT2D eigenvalue weighted by molar-refractivity contribution is -0.179. The molecule has 142 heavy (non-hydrogen) atoms. The normalized spacial score (nSPS) is 12.2. The number of aldehydes is 1. The number of fused-ring (bicyclic) bond motifs is 5. The quantitative estimate of drug-likeness (QED) is 0.0183. The first-order valence-electron chi connectivity index (χ1n) is 43.4. The fourth-order valence-electron chi connectivity index (χ4n) is 12.6. The van der Waals surface area contributed by atoms with Crippen molar-refractivity contribution in [1.82, 2.24) is 76.2 Å². The number of carbonyl (C=O) groups excluding carboxylic acids is 1. The molecule has 3 saturated carbocycles. The number of aryl methyl sites for hydroxylation is 1. The Bertz CT molecular complexity index is 7210. The molecule has 1 unspecified atom stereocenters. The first-order chi connectivity index (χ1) is 68.5. The van der Waals surface area contributed by atoms with Crippen molar-refractivity contribution in [2.24, 2.45) is 15.7 Å². The molecule has 3 fully saturated rings. The number of nitrogens with two attached hydrogens (primary N) is 2. The average molecular weight is 2190 g/mol. The molecule has 13 aromatic heterocycles. The van der Waals surface area contributed by atoms with Crippen LogP contribution in [0.4, 0.5) is 49.5 Å². The number of hydrogen-bond donors (Lipinski definition) is 2. The predicted molar refractivity (Wildman–Crippen MR) is 568 cm³/mol. The highest BCUT2D eigenvalue weighted by Crippen LogP contribution is 2.41. The van der Waals surface area contributed by atoms with Gasteiger partial charge in [-0.05, 0) is 242 Å². The van der Waals surface area contributed by atoms with Gasteiger partial charge >= 0.3 is 5.37 Å². The topological polar surface area (TPSA) is 333 Å². The maximum atomic E-state index is 13.4. The number of aliphatic imine (C=N–C) groups is 2. The summed E-state index contributed by atoms with van der Waals surface area (Å²) in [7, 11) is 7.01. The second-order valence-corrected chi connectivity index (χ2v) is 36.3. The highest BCUT2D eigenvalue weighted by atomic mass is 79.9. The molecular weight excluding hydrogens is 2080 g/mol. The summed E-state index contributed by atoms with van der Waals surface area (Å²) in [6.45, 7) is 52.9. The van der Waals surface area contributed by atoms with Gasteiger partial charge in [-0.1, -0.05) is 91.6 Å². The number of rotatable bonds is 15. The summed E-state index contributed by atoms with van der Waals surface area (Å²) in [5.74, 6) is 3.03. The molecule has 19 rings (SSSR count). The van der Waals surface area contributed by atoms with Crippen LogP contribution in [0.1, 0.15) is 109 Å². The molecule has 0 bridgehead atoms. The summed E-state index contributed by atoms with van der Waals surface area (Å²) >= 11 is 12.7. The fraction of sp³-hybridized carbons (Fsp3) is 0.223. The van der Waals surface area contributed by atoms with Gasteiger partial charge in [0.15, 0.2) is 12.1 Å². The number of hydrogen-bond acceptors (Lipinski definition) is 19. The van der Waals surface area contributed by atoms with Crippen molar-refractivity contribution in [3.05, 3.63) is 379 Å². The number of ether oxygens (including phenoxy) is 2. The van der Waals surface area contributed by atoms with E-state index < -0.39 is 21.0 Å². The van der Waals surface area contributed by atoms with Gasteiger partial charge in [0.2, 0.25) is 34.6 Å². The third-order valence-electron chi connectivity index (χ3n) is 20.4. The molecule has 3 aliphatic carbocycles. The first kappa shape index (κ1) is 112. The molecule has 0 amide bonds. The SMILES string of the molecule is C=CC.CN(C)C=Nc1ccc(Br)cn1.COC(OC)N(C)C.N#CCBr.NC1CCC1.Nc1ccc(Br)cn1.[C-]#[N+]C(c1ccc(F)cc1)S(=O)(=O)c1ccc(C)cc1.[C-]#[N+]c1cnc2ccc(-c3c(-c4ccc(F)cc4)ncn3C3CCC3)cn12.[C-]#[N+]c1cnc2ccc(Br)cn12.[C-]#[N+]c1cnc2ccc(C=C)cn12.[C-]#[N+]c1cnc2ccc(C=NC3CCC3)cn12.[C-]#[N+]c1cnc2ccc(C=O)cn12. The molecule has 0 saturated heterocycles. The Balaban J connectivity index is 0.000000197. The van der Waals surface area contributed by atoms with E-state index in [9.17, 15) is 22.0 Å². The second kappa shape index (κ2) is 57.9. The van der Waals surface area contributed by atoms with Crippen LogP contribution < -0.4 is 11.5 Å². The fourth-order valence-corrected chi connectivity index (χ4v) is 14.8. The number of aromatic nitrogens is 14. The molecule has 39 heteroatoms. The number of imidazole rings is 6. The number of pyridine rings is 7. The number of sulfone groups is 1. The van der Waals surface area contributed by atoms with Crippen LogP contribution in [-0.4, -0.2) is 170 Å². The van der Waals surface area contributed by atoms with E-state index in [1.165, 1.54) is 87.5 Å². The number of halogens is 6. The van der Waals surface area contributed by atoms with Gasteiger partial charge in [0.25, 0.3) is 38.9 Å². The highest BCUT2D eigenvalue weighted by molar-refractivity contribution is 9.11. The molecule has 0 radical (unpaired) electrons. The van der Waals surface area contributed by atoms with Crippen LogP contribution in [0, 0.1) is 69.3 Å². The zero-order chi connectivity index (χ0) is 103. The monoisotopic (exact) mass is 2180 g/mol. The summed E-state index contributed by atoms with van der Waals surface area (Å²) in [6.07, 6.45) is 40.9. The van der Waals surface area contributed by atoms with Crippen LogP contribution in [0.15, 0.2) is 286 Å². The van der Waals surface area contributed by atoms with E-state index in [2.05, 4.69) is 160 Å². The predicted octanol–water partition coefficient (Wildman–Crippen LogP) is 24.7. The summed E-state index contributed by atoms with van der Waals surface area (Å²) in [6, 6.07) is 47.1. The number of benzene rings is 3. The summed E-state index contributed by atoms with van der Waals surface area (Å²) in [5, 5.41) is 6.66. The summed E-state index contributed by atoms with van der Waals surface area (Å²) in [4.78, 5) is 76.1. The van der Waals surface area contributed by atoms with E-state index >= 15 is 0 Å². The number of nitriles is 1. The van der Waals surface area contributed by atoms with Crippen molar-refractivity contribution < 1.29 is 31.5 Å². The third-order valence-corrected chi connectivity index (χ3v) is 24.0. The van der Waals surface area contributed by atoms with Crippen molar-refractivity contribution in [3.8, 4) is 28.6 Å². The summed E-state index contributed by atoms with van der Waals surface area (Å²) < 4.78 is 74.7. The Morgan fingerprint density at radius 2 is 0.979 bits per heavy atom. The lowest BCUT2D eigenvalue weighted by Crippen LogP contribution is -2.30. The Kier molecular flexibility index (Phi) is 45.7. The van der Waals surface area contributed by atoms with Crippen LogP contribution in [0.25, 0.3) is 85.9 Å². The maximum absolute atomic E-state index is 13.4. The Hall–Kier alpha value is -15.3. The lowest BCUT2D eigenvalue weighted by Gasteiger charge is -2.28. The van der Waals surface area contributed by atoms with Crippen molar-refractivity contribution >= 4 is 167 Å². The molecule has 3 aliphatic rings. The smallest absolute Gasteiger partial charge is 0.350 e. The van der Waals surface area contributed by atoms with Crippen LogP contribution in [0.5, 0.6) is 0 Å². The molecule has 13 heterocycles. The minimum absolute atomic E-state index is 0.0911. The second-order valence-electron chi connectivity index (χ2n) is 31.0. The number of nitrogen functional groups attached to an aromatic ring is 1. The van der Waals surface area contributed by atoms with Crippen molar-refractivity contribution in [3.63, 3.8) is 0 Å². The van der Waals surface area contributed by atoms with Crippen molar-refractivity contribution in [2.45, 2.75) is 106 Å². The van der Waals surface area contributed by atoms with Gasteiger partial charge in [-0.15, -0.1) is 6.58 Å². The Morgan fingerprint density at radius 3 is 1.37 bits per heavy atom. The van der Waals surface area contributed by atoms with Gasteiger partial charge in [-0.3, -0.25) is 19.5 Å². The average Bonchev–Trinajstić information content (AvgIpc) is 0.802. The van der Waals surface area contributed by atoms with E-state index in [0.717, 1.165) is 106 Å². The molecule has 32 nitrogen and oxygen atoms in total. The molecule has 0 spiro atoms. The van der Waals surface area contributed by atoms with E-state index in [4.69, 9.17) is 65.6 Å². The largest absolute Gasteiger partial charge is 0.384 e. The maximum Gasteiger partial charge on any atom is 0.350 e. The van der Waals surface area contributed by atoms with E-state index in [0.29, 0.717) is 75.4 Å². The number of methoxy groups -OCH3 is 2. The molecule has 1 atom stereocenters. The number of carbonyl (C=O) groups is 1. The highest BCUT2D eigenvalue weighted by Gasteiger charge is 2.35. The Labute approximate surface area is 857 Å². The van der Waals surface area contributed by atoms with Crippen molar-refractivity contribution in [2.75, 3.05) is 53.5 Å². The van der Waals surface area contributed by atoms with E-state index in [-0.39, 0.29) is 22.7 Å². The van der Waals surface area contributed by atoms with Crippen LogP contribution in [-0.2, 0) is 19.3 Å². The number of anilines is 1. The van der Waals surface area contributed by atoms with Gasteiger partial charge in [0.05, 0.1) is 118 Å². The van der Waals surface area contributed by atoms with Crippen LogP contribution in [0.3, 0.4) is 0 Å². The zero-order valence-corrected chi connectivity index (χ0v) is 86.0. The van der Waals surface area contributed by atoms with Gasteiger partial charge in [-0.2, -0.15) is 5.26 Å².